The summed E-state index contributed by atoms with van der Waals surface area (Å²) in [6, 6.07) is 13.3. The molecule has 0 fully saturated rings. The predicted molar refractivity (Wildman–Crippen MR) is 77.4 cm³/mol. The van der Waals surface area contributed by atoms with Gasteiger partial charge in [-0.3, -0.25) is 9.89 Å². The van der Waals surface area contributed by atoms with Crippen molar-refractivity contribution in [3.8, 4) is 0 Å². The molecule has 3 N–H and O–H groups in total. The third kappa shape index (κ3) is 2.46. The number of hydrogen-bond acceptors (Lipinski definition) is 3. The molecule has 6 heteroatoms. The van der Waals surface area contributed by atoms with Crippen molar-refractivity contribution in [2.45, 2.75) is 0 Å². The van der Waals surface area contributed by atoms with Crippen LogP contribution >= 0.6 is 0 Å². The zero-order valence-corrected chi connectivity index (χ0v) is 10.8. The number of rotatable bonds is 3. The number of amides is 1. The zero-order valence-electron chi connectivity index (χ0n) is 10.8. The molecule has 0 bridgehead atoms. The number of H-pyrrole nitrogens is 1. The van der Waals surface area contributed by atoms with E-state index in [4.69, 9.17) is 5.11 Å². The Hall–Kier alpha value is -3.15. The highest BCUT2D eigenvalue weighted by Gasteiger charge is 2.13. The Balaban J connectivity index is 1.95. The van der Waals surface area contributed by atoms with Crippen molar-refractivity contribution >= 4 is 28.6 Å². The van der Waals surface area contributed by atoms with Crippen LogP contribution in [0.3, 0.4) is 0 Å². The zero-order chi connectivity index (χ0) is 14.8. The van der Waals surface area contributed by atoms with Crippen molar-refractivity contribution in [1.82, 2.24) is 10.2 Å². The monoisotopic (exact) mass is 281 g/mol. The number of fused-ring (bicyclic) bond motifs is 1. The van der Waals surface area contributed by atoms with Crippen LogP contribution in [-0.2, 0) is 0 Å². The van der Waals surface area contributed by atoms with E-state index in [0.717, 1.165) is 0 Å². The second-order valence-corrected chi connectivity index (χ2v) is 4.46. The van der Waals surface area contributed by atoms with E-state index in [1.807, 2.05) is 6.07 Å². The van der Waals surface area contributed by atoms with Gasteiger partial charge in [-0.25, -0.2) is 4.79 Å². The largest absolute Gasteiger partial charge is 0.478 e. The average Bonchev–Trinajstić information content (AvgIpc) is 2.90. The number of carbonyl (C=O) groups is 2. The molecule has 0 aliphatic rings. The molecule has 0 saturated carbocycles. The second-order valence-electron chi connectivity index (χ2n) is 4.46. The fourth-order valence-electron chi connectivity index (χ4n) is 2.01. The van der Waals surface area contributed by atoms with Gasteiger partial charge in [0.05, 0.1) is 11.1 Å². The van der Waals surface area contributed by atoms with Crippen LogP contribution in [0.1, 0.15) is 20.7 Å². The Morgan fingerprint density at radius 1 is 1.05 bits per heavy atom. The normalized spacial score (nSPS) is 10.5. The number of aromatic carboxylic acids is 1. The molecule has 21 heavy (non-hydrogen) atoms. The molecular weight excluding hydrogens is 270 g/mol. The Labute approximate surface area is 119 Å². The first kappa shape index (κ1) is 12.9. The molecule has 1 amide bonds. The molecule has 0 radical (unpaired) electrons. The van der Waals surface area contributed by atoms with Crippen molar-refractivity contribution in [3.05, 3.63) is 59.7 Å². The summed E-state index contributed by atoms with van der Waals surface area (Å²) in [6.07, 6.45) is 0. The molecule has 3 rings (SSSR count). The maximum atomic E-state index is 12.1. The maximum absolute atomic E-state index is 12.1. The van der Waals surface area contributed by atoms with E-state index < -0.39 is 5.97 Å². The fraction of sp³-hybridized carbons (Fsp3) is 0. The lowest BCUT2D eigenvalue weighted by Crippen LogP contribution is -2.12. The van der Waals surface area contributed by atoms with Crippen molar-refractivity contribution in [2.24, 2.45) is 0 Å². The topological polar surface area (TPSA) is 95.1 Å². The molecule has 2 aromatic carbocycles. The summed E-state index contributed by atoms with van der Waals surface area (Å²) in [4.78, 5) is 23.1. The summed E-state index contributed by atoms with van der Waals surface area (Å²) in [5.41, 5.74) is 1.30. The smallest absolute Gasteiger partial charge is 0.335 e. The number of carbonyl (C=O) groups excluding carboxylic acids is 1. The van der Waals surface area contributed by atoms with Crippen molar-refractivity contribution in [3.63, 3.8) is 0 Å². The SMILES string of the molecule is O=C(O)c1ccc2[nH]nc(NC(=O)c3ccccc3)c2c1. The lowest BCUT2D eigenvalue weighted by molar-refractivity contribution is 0.0697. The Morgan fingerprint density at radius 2 is 1.81 bits per heavy atom. The lowest BCUT2D eigenvalue weighted by atomic mass is 10.1. The summed E-state index contributed by atoms with van der Waals surface area (Å²) in [5, 5.41) is 19.0. The molecule has 104 valence electrons. The molecule has 0 spiro atoms. The molecule has 1 heterocycles. The number of aromatic nitrogens is 2. The van der Waals surface area contributed by atoms with Gasteiger partial charge < -0.3 is 10.4 Å². The first-order chi connectivity index (χ1) is 10.1. The Kier molecular flexibility index (Phi) is 3.12. The number of carboxylic acid groups (broad SMARTS) is 1. The number of anilines is 1. The van der Waals surface area contributed by atoms with Gasteiger partial charge in [0, 0.05) is 10.9 Å². The van der Waals surface area contributed by atoms with Gasteiger partial charge in [-0.1, -0.05) is 18.2 Å². The molecule has 3 aromatic rings. The van der Waals surface area contributed by atoms with Crippen molar-refractivity contribution in [2.75, 3.05) is 5.32 Å². The predicted octanol–water partition coefficient (Wildman–Crippen LogP) is 2.51. The van der Waals surface area contributed by atoms with Gasteiger partial charge in [-0.2, -0.15) is 5.10 Å². The molecule has 0 atom stereocenters. The minimum atomic E-state index is -1.03. The van der Waals surface area contributed by atoms with Gasteiger partial charge >= 0.3 is 5.97 Å². The van der Waals surface area contributed by atoms with Crippen LogP contribution in [-0.4, -0.2) is 27.2 Å². The van der Waals surface area contributed by atoms with E-state index >= 15 is 0 Å². The minimum Gasteiger partial charge on any atom is -0.478 e. The van der Waals surface area contributed by atoms with E-state index in [-0.39, 0.29) is 11.5 Å². The van der Waals surface area contributed by atoms with Gasteiger partial charge in [0.2, 0.25) is 0 Å². The molecule has 0 saturated heterocycles. The molecule has 0 unspecified atom stereocenters. The first-order valence-electron chi connectivity index (χ1n) is 6.23. The van der Waals surface area contributed by atoms with E-state index in [0.29, 0.717) is 22.3 Å². The Bertz CT molecular complexity index is 825. The van der Waals surface area contributed by atoms with Crippen LogP contribution in [0.25, 0.3) is 10.9 Å². The fourth-order valence-corrected chi connectivity index (χ4v) is 2.01. The highest BCUT2D eigenvalue weighted by molar-refractivity contribution is 6.08. The van der Waals surface area contributed by atoms with Crippen molar-refractivity contribution < 1.29 is 14.7 Å². The van der Waals surface area contributed by atoms with Crippen LogP contribution in [0.2, 0.25) is 0 Å². The number of nitrogens with one attached hydrogen (secondary N) is 2. The number of benzene rings is 2. The standard InChI is InChI=1S/C15H11N3O3/c19-14(9-4-2-1-3-5-9)16-13-11-8-10(15(20)21)6-7-12(11)17-18-13/h1-8H,(H,20,21)(H2,16,17,18,19). The first-order valence-corrected chi connectivity index (χ1v) is 6.23. The van der Waals surface area contributed by atoms with Crippen molar-refractivity contribution in [1.29, 1.82) is 0 Å². The molecule has 6 nitrogen and oxygen atoms in total. The molecule has 0 aliphatic carbocycles. The molecular formula is C15H11N3O3. The van der Waals surface area contributed by atoms with Crippen LogP contribution in [0.15, 0.2) is 48.5 Å². The van der Waals surface area contributed by atoms with Gasteiger partial charge in [0.1, 0.15) is 0 Å². The third-order valence-corrected chi connectivity index (χ3v) is 3.08. The van der Waals surface area contributed by atoms with Crippen LogP contribution in [0.5, 0.6) is 0 Å². The summed E-state index contributed by atoms with van der Waals surface area (Å²) >= 11 is 0. The quantitative estimate of drug-likeness (QED) is 0.687. The summed E-state index contributed by atoms with van der Waals surface area (Å²) in [7, 11) is 0. The van der Waals surface area contributed by atoms with E-state index in [9.17, 15) is 9.59 Å². The van der Waals surface area contributed by atoms with Gasteiger partial charge in [-0.15, -0.1) is 0 Å². The third-order valence-electron chi connectivity index (χ3n) is 3.08. The maximum Gasteiger partial charge on any atom is 0.335 e. The highest BCUT2D eigenvalue weighted by Crippen LogP contribution is 2.22. The number of aromatic amines is 1. The minimum absolute atomic E-state index is 0.138. The summed E-state index contributed by atoms with van der Waals surface area (Å²) < 4.78 is 0. The highest BCUT2D eigenvalue weighted by atomic mass is 16.4. The van der Waals surface area contributed by atoms with Gasteiger partial charge in [-0.05, 0) is 30.3 Å². The number of carboxylic acids is 1. The van der Waals surface area contributed by atoms with E-state index in [2.05, 4.69) is 15.5 Å². The van der Waals surface area contributed by atoms with Crippen LogP contribution in [0, 0.1) is 0 Å². The molecule has 0 aliphatic heterocycles. The number of hydrogen-bond donors (Lipinski definition) is 3. The average molecular weight is 281 g/mol. The number of nitrogens with zero attached hydrogens (tertiary/aromatic N) is 1. The summed E-state index contributed by atoms with van der Waals surface area (Å²) in [6.45, 7) is 0. The van der Waals surface area contributed by atoms with E-state index in [1.165, 1.54) is 12.1 Å². The Morgan fingerprint density at radius 3 is 2.52 bits per heavy atom. The van der Waals surface area contributed by atoms with Crippen LogP contribution in [0.4, 0.5) is 5.82 Å². The molecule has 1 aromatic heterocycles. The summed E-state index contributed by atoms with van der Waals surface area (Å²) in [5.74, 6) is -1.02. The van der Waals surface area contributed by atoms with E-state index in [1.54, 1.807) is 30.3 Å². The van der Waals surface area contributed by atoms with Gasteiger partial charge in [0.15, 0.2) is 5.82 Å². The second kappa shape index (κ2) is 5.09. The lowest BCUT2D eigenvalue weighted by Gasteiger charge is -2.02. The van der Waals surface area contributed by atoms with Gasteiger partial charge in [0.25, 0.3) is 5.91 Å². The van der Waals surface area contributed by atoms with Crippen LogP contribution < -0.4 is 5.32 Å².